The van der Waals surface area contributed by atoms with Crippen molar-refractivity contribution < 1.29 is 28.6 Å². The Balaban J connectivity index is 0.000000211. The smallest absolute Gasteiger partial charge is 0.140 e. The summed E-state index contributed by atoms with van der Waals surface area (Å²) in [6.45, 7) is 2.27. The molecule has 0 saturated heterocycles. The zero-order chi connectivity index (χ0) is 35.6. The maximum atomic E-state index is 14.3. The molecule has 0 fully saturated rings. The molecule has 245 valence electrons. The third-order valence-corrected chi connectivity index (χ3v) is 13.6. The van der Waals surface area contributed by atoms with E-state index in [0.717, 1.165) is 38.7 Å². The zero-order valence-electron chi connectivity index (χ0n) is 30.7. The summed E-state index contributed by atoms with van der Waals surface area (Å²) < 4.78 is 41.4. The van der Waals surface area contributed by atoms with Gasteiger partial charge in [0.2, 0.25) is 0 Å². The Morgan fingerprint density at radius 1 is 0.812 bits per heavy atom. The quantitative estimate of drug-likeness (QED) is 0.123. The van der Waals surface area contributed by atoms with Gasteiger partial charge in [0.25, 0.3) is 0 Å². The molecular weight excluding hydrogens is 848 g/mol. The number of hydrogen-bond donors (Lipinski definition) is 0. The first-order chi connectivity index (χ1) is 23.8. The zero-order valence-corrected chi connectivity index (χ0v) is 33.0. The van der Waals surface area contributed by atoms with E-state index in [2.05, 4.69) is 66.6 Å². The molecule has 0 spiro atoms. The molecule has 7 aromatic rings. The number of halogens is 1. The van der Waals surface area contributed by atoms with E-state index in [1.165, 1.54) is 23.0 Å². The molecule has 1 radical (unpaired) electrons. The van der Waals surface area contributed by atoms with Crippen LogP contribution in [0, 0.1) is 30.7 Å². The van der Waals surface area contributed by atoms with Gasteiger partial charge in [0.15, 0.2) is 0 Å². The van der Waals surface area contributed by atoms with Crippen LogP contribution in [0.4, 0.5) is 4.39 Å². The molecule has 3 aromatic heterocycles. The number of pyridine rings is 2. The number of rotatable bonds is 6. The van der Waals surface area contributed by atoms with E-state index < -0.39 is 20.1 Å². The van der Waals surface area contributed by atoms with Gasteiger partial charge in [-0.25, -0.2) is 4.39 Å². The molecule has 0 unspecified atom stereocenters. The summed E-state index contributed by atoms with van der Waals surface area (Å²) in [6.07, 6.45) is 4.88. The van der Waals surface area contributed by atoms with Crippen LogP contribution in [0.25, 0.3) is 53.8 Å². The summed E-state index contributed by atoms with van der Waals surface area (Å²) in [7, 11) is 0. The minimum Gasteiger partial charge on any atom is -0.304 e. The van der Waals surface area contributed by atoms with Gasteiger partial charge in [-0.2, -0.15) is 11.3 Å². The molecule has 0 saturated carbocycles. The molecule has 0 aliphatic carbocycles. The van der Waals surface area contributed by atoms with Crippen molar-refractivity contribution in [1.29, 1.82) is 0 Å². The fourth-order valence-corrected chi connectivity index (χ4v) is 10.4. The van der Waals surface area contributed by atoms with Gasteiger partial charge in [0.05, 0.1) is 4.70 Å². The van der Waals surface area contributed by atoms with Crippen LogP contribution < -0.4 is 4.40 Å². The number of thiophene rings is 1. The maximum absolute atomic E-state index is 14.3. The number of benzene rings is 4. The minimum atomic E-state index is -2.30. The topological polar surface area (TPSA) is 25.8 Å². The first-order valence-corrected chi connectivity index (χ1v) is 24.0. The van der Waals surface area contributed by atoms with E-state index in [0.29, 0.717) is 27.4 Å². The molecule has 0 amide bonds. The molecular formula is C42H39FGeIrN2S-2. The van der Waals surface area contributed by atoms with Crippen molar-refractivity contribution in [2.75, 3.05) is 0 Å². The van der Waals surface area contributed by atoms with E-state index in [4.69, 9.17) is 9.10 Å². The van der Waals surface area contributed by atoms with Crippen LogP contribution in [0.1, 0.15) is 29.1 Å². The van der Waals surface area contributed by atoms with Gasteiger partial charge in [-0.15, -0.1) is 23.8 Å². The van der Waals surface area contributed by atoms with Crippen LogP contribution >= 0.6 is 11.3 Å². The van der Waals surface area contributed by atoms with E-state index in [-0.39, 0.29) is 31.5 Å². The van der Waals surface area contributed by atoms with Crippen LogP contribution in [0.5, 0.6) is 0 Å². The monoisotopic (exact) mass is 892 g/mol. The molecule has 0 atom stereocenters. The predicted octanol–water partition coefficient (Wildman–Crippen LogP) is 11.3. The molecule has 0 N–H and O–H groups in total. The average Bonchev–Trinajstić information content (AvgIpc) is 3.48. The normalized spacial score (nSPS) is 12.5. The molecule has 4 aromatic carbocycles. The van der Waals surface area contributed by atoms with Crippen molar-refractivity contribution in [3.63, 3.8) is 0 Å². The summed E-state index contributed by atoms with van der Waals surface area (Å²) in [5.74, 6) is 7.73. The van der Waals surface area contributed by atoms with Crippen LogP contribution in [-0.2, 0) is 26.5 Å². The van der Waals surface area contributed by atoms with E-state index in [1.54, 1.807) is 28.8 Å². The second kappa shape index (κ2) is 15.4. The van der Waals surface area contributed by atoms with Crippen molar-refractivity contribution in [1.82, 2.24) is 9.97 Å². The molecule has 0 aliphatic heterocycles. The Bertz CT molecular complexity index is 2270. The van der Waals surface area contributed by atoms with E-state index in [1.807, 2.05) is 60.7 Å². The standard InChI is InChI=1S/C24H15FNS.C18H24GeN.Ir/c1-15-13-22(26-14-20(15)16-7-3-2-4-8-16)19-11-5-9-17-18-10-6-12-21(25)24(18)27-23(17)19;1-14(2)11-16-12-18(15-9-7-6-8-10-15)20-13-17(16)19(3,4)5;/h2-10,12-14H,1H3;6-9,12-14H,11H2,1-5H3;/q2*-1;/i1D3;;. The number of aromatic nitrogens is 2. The Morgan fingerprint density at radius 3 is 2.27 bits per heavy atom. The Kier molecular flexibility index (Phi) is 10.2. The third kappa shape index (κ3) is 7.87. The van der Waals surface area contributed by atoms with Gasteiger partial charge < -0.3 is 4.98 Å². The van der Waals surface area contributed by atoms with Crippen molar-refractivity contribution in [3.8, 4) is 33.6 Å². The van der Waals surface area contributed by atoms with Gasteiger partial charge in [0.1, 0.15) is 5.82 Å². The molecule has 48 heavy (non-hydrogen) atoms. The first-order valence-electron chi connectivity index (χ1n) is 17.4. The summed E-state index contributed by atoms with van der Waals surface area (Å²) in [4.78, 5) is 9.27. The van der Waals surface area contributed by atoms with Crippen molar-refractivity contribution in [2.45, 2.75) is 44.4 Å². The van der Waals surface area contributed by atoms with Crippen molar-refractivity contribution >= 4 is 49.2 Å². The van der Waals surface area contributed by atoms with Gasteiger partial charge in [-0.3, -0.25) is 0 Å². The molecule has 2 nitrogen and oxygen atoms in total. The second-order valence-electron chi connectivity index (χ2n) is 13.1. The fraction of sp³-hybridized carbons (Fsp3) is 0.190. The largest absolute Gasteiger partial charge is 0.304 e. The van der Waals surface area contributed by atoms with Gasteiger partial charge in [-0.1, -0.05) is 53.9 Å². The average molecular weight is 891 g/mol. The SMILES string of the molecule is CC(C)Cc1cc(-c2[c-]cccc2)nc[c]1[Ge]([CH3])([CH3])[CH3].[2H]C([2H])([2H])c1cc(-c2[c-]ccc3c2sc2c(F)cccc23)ncc1-c1ccccc1.[Ir]. The summed E-state index contributed by atoms with van der Waals surface area (Å²) in [5, 5.41) is 1.75. The maximum Gasteiger partial charge on any atom is 0.140 e. The third-order valence-electron chi connectivity index (χ3n) is 8.07. The number of nitrogens with zero attached hydrogens (tertiary/aromatic N) is 2. The predicted molar refractivity (Wildman–Crippen MR) is 202 cm³/mol. The second-order valence-corrected chi connectivity index (χ2v) is 24.7. The van der Waals surface area contributed by atoms with Gasteiger partial charge in [-0.05, 0) is 39.8 Å². The number of fused-ring (bicyclic) bond motifs is 3. The fourth-order valence-electron chi connectivity index (χ4n) is 5.84. The summed E-state index contributed by atoms with van der Waals surface area (Å²) in [6, 6.07) is 36.5. The Labute approximate surface area is 308 Å². The number of aryl methyl sites for hydroxylation is 1. The molecule has 7 rings (SSSR count). The van der Waals surface area contributed by atoms with E-state index >= 15 is 0 Å². The van der Waals surface area contributed by atoms with Crippen LogP contribution in [0.15, 0.2) is 109 Å². The van der Waals surface area contributed by atoms with Crippen LogP contribution in [0.3, 0.4) is 0 Å². The van der Waals surface area contributed by atoms with Crippen LogP contribution in [-0.4, -0.2) is 23.2 Å². The van der Waals surface area contributed by atoms with Crippen molar-refractivity contribution in [2.24, 2.45) is 5.92 Å². The van der Waals surface area contributed by atoms with Crippen LogP contribution in [0.2, 0.25) is 17.3 Å². The summed E-state index contributed by atoms with van der Waals surface area (Å²) in [5.41, 5.74) is 6.44. The molecule has 0 bridgehead atoms. The number of hydrogen-bond acceptors (Lipinski definition) is 3. The van der Waals surface area contributed by atoms with Crippen molar-refractivity contribution in [3.05, 3.63) is 139 Å². The first kappa shape index (κ1) is 31.8. The van der Waals surface area contributed by atoms with E-state index in [9.17, 15) is 4.39 Å². The van der Waals surface area contributed by atoms with Gasteiger partial charge in [0, 0.05) is 36.0 Å². The minimum absolute atomic E-state index is 0. The molecule has 3 heterocycles. The molecule has 6 heteroatoms. The Hall–Kier alpha value is -3.48. The van der Waals surface area contributed by atoms with Gasteiger partial charge >= 0.3 is 126 Å². The summed E-state index contributed by atoms with van der Waals surface area (Å²) >= 11 is -0.521. The molecule has 0 aliphatic rings. The Morgan fingerprint density at radius 2 is 1.56 bits per heavy atom.